The van der Waals surface area contributed by atoms with Crippen LogP contribution < -0.4 is 0 Å². The van der Waals surface area contributed by atoms with Crippen molar-refractivity contribution in [3.63, 3.8) is 0 Å². The summed E-state index contributed by atoms with van der Waals surface area (Å²) in [4.78, 5) is 42.1. The van der Waals surface area contributed by atoms with Crippen LogP contribution in [0.25, 0.3) is 0 Å². The minimum Gasteiger partial charge on any atom is -0.454 e. The molecule has 2 aromatic rings. The monoisotopic (exact) mass is 1040 g/mol. The van der Waals surface area contributed by atoms with Crippen LogP contribution in [0.3, 0.4) is 0 Å². The lowest BCUT2D eigenvalue weighted by molar-refractivity contribution is -0.386. The lowest BCUT2D eigenvalue weighted by atomic mass is 9.42. The van der Waals surface area contributed by atoms with Gasteiger partial charge in [-0.1, -0.05) is 61.9 Å². The molecule has 7 N–H and O–H groups in total. The van der Waals surface area contributed by atoms with Gasteiger partial charge >= 0.3 is 11.9 Å². The molecule has 3 saturated carbocycles. The van der Waals surface area contributed by atoms with Crippen molar-refractivity contribution in [3.8, 4) is 0 Å². The first-order valence-electron chi connectivity index (χ1n) is 25.7. The summed E-state index contributed by atoms with van der Waals surface area (Å²) >= 11 is 0. The molecule has 4 aliphatic carbocycles. The van der Waals surface area contributed by atoms with Crippen LogP contribution in [0, 0.1) is 22.7 Å². The Morgan fingerprint density at radius 3 is 1.85 bits per heavy atom. The Kier molecular flexibility index (Phi) is 15.7. The molecule has 0 bridgehead atoms. The number of ketones is 1. The summed E-state index contributed by atoms with van der Waals surface area (Å²) in [6, 6.07) is 16.6. The molecule has 3 heterocycles. The van der Waals surface area contributed by atoms with Gasteiger partial charge in [-0.05, 0) is 89.0 Å². The Morgan fingerprint density at radius 1 is 0.649 bits per heavy atom. The number of rotatable bonds is 13. The van der Waals surface area contributed by atoms with E-state index in [-0.39, 0.29) is 42.6 Å². The third kappa shape index (κ3) is 9.27. The van der Waals surface area contributed by atoms with Gasteiger partial charge in [0.1, 0.15) is 71.9 Å². The van der Waals surface area contributed by atoms with E-state index in [1.165, 1.54) is 21.1 Å². The molecule has 20 nitrogen and oxygen atoms in total. The Bertz CT molecular complexity index is 2340. The number of hydrogen-bond donors (Lipinski definition) is 7. The fraction of sp³-hybridized carbons (Fsp3) is 0.685. The number of carbonyl (C=O) groups is 3. The topological polar surface area (TPSA) is 285 Å². The van der Waals surface area contributed by atoms with Crippen molar-refractivity contribution in [3.05, 3.63) is 83.4 Å². The normalized spacial score (nSPS) is 46.0. The molecule has 3 aliphatic heterocycles. The van der Waals surface area contributed by atoms with Crippen molar-refractivity contribution < 1.29 is 97.5 Å². The number of hydrogen-bond acceptors (Lipinski definition) is 20. The van der Waals surface area contributed by atoms with Crippen LogP contribution in [0.15, 0.2) is 72.3 Å². The fourth-order valence-electron chi connectivity index (χ4n) is 13.8. The Hall–Kier alpha value is -3.81. The highest BCUT2D eigenvalue weighted by Gasteiger charge is 2.81. The molecule has 0 amide bonds. The summed E-state index contributed by atoms with van der Waals surface area (Å²) in [7, 11) is 2.59. The number of fused-ring (bicyclic) bond motifs is 5. The van der Waals surface area contributed by atoms with E-state index in [0.717, 1.165) is 5.57 Å². The standard InChI is InChI=1S/C54H72O20/c1-26(55)33-20-23-54(64)52(33,5)45(73-47(62)30-16-12-9-13-17-30)43(70-46(61)29-14-10-8-11-15-29)44-51(4)21-19-32(24-31(51)18-22-53(44,54)63)69-35-25-34(56)40(27(2)67-35)71-50-39(60)42(65-6)41(28(3)68-50)72-49-38(59)36(57)37(58)48(66-7)74-49/h8-18,27-28,32-45,48-50,56-60,63-64H,19-25H2,1-7H3/t27-,28-,32+,33-,34-,35+,36+,37+,38-,39-,40-,41-,42+,43+,44-,45-,48+,49-,50+,51+,52+,53+,54-/m1/s1. The van der Waals surface area contributed by atoms with Gasteiger partial charge < -0.3 is 83.1 Å². The zero-order chi connectivity index (χ0) is 53.2. The van der Waals surface area contributed by atoms with E-state index in [1.807, 2.05) is 13.0 Å². The average Bonchev–Trinajstić information content (AvgIpc) is 3.67. The van der Waals surface area contributed by atoms with Gasteiger partial charge in [0.15, 0.2) is 25.2 Å². The molecule has 20 heteroatoms. The molecule has 3 saturated heterocycles. The minimum atomic E-state index is -1.98. The maximum atomic E-state index is 14.3. The SMILES string of the molecule is CO[C@H]1O[C@@H](O[C@H]2[C@@H](OC)[C@@H](O)[C@H](O[C@H]3[C@H](O)C[C@H](O[C@H]4CC[C@@]5(C)C(=CC[C@]6(O)[C@@H]5[C@H](OC(=O)c5ccccc5)[C@@H](OC(=O)c5ccccc5)[C@]5(C)[C@@H](C(C)=O)CC[C@@]56O)C4)O[C@@H]3C)O[C@@H]2C)[C@H](O)[C@@H](O)[C@@H]1O. The van der Waals surface area contributed by atoms with E-state index in [9.17, 15) is 50.1 Å². The zero-order valence-electron chi connectivity index (χ0n) is 42.7. The number of carbonyl (C=O) groups excluding carboxylic acids is 3. The van der Waals surface area contributed by atoms with E-state index in [4.69, 9.17) is 47.4 Å². The van der Waals surface area contributed by atoms with E-state index < -0.39 is 150 Å². The quantitative estimate of drug-likeness (QED) is 0.112. The van der Waals surface area contributed by atoms with E-state index >= 15 is 0 Å². The second-order valence-corrected chi connectivity index (χ2v) is 21.8. The van der Waals surface area contributed by atoms with E-state index in [0.29, 0.717) is 19.3 Å². The first kappa shape index (κ1) is 55.0. The number of methoxy groups -OCH3 is 2. The maximum absolute atomic E-state index is 14.3. The zero-order valence-corrected chi connectivity index (χ0v) is 42.7. The van der Waals surface area contributed by atoms with Gasteiger partial charge in [-0.25, -0.2) is 9.59 Å². The van der Waals surface area contributed by atoms with E-state index in [1.54, 1.807) is 81.4 Å². The molecule has 408 valence electrons. The predicted molar refractivity (Wildman–Crippen MR) is 255 cm³/mol. The third-order valence-corrected chi connectivity index (χ3v) is 17.7. The number of aliphatic hydroxyl groups excluding tert-OH is 5. The summed E-state index contributed by atoms with van der Waals surface area (Å²) in [5.41, 5.74) is -5.21. The van der Waals surface area contributed by atoms with Crippen molar-refractivity contribution in [1.82, 2.24) is 0 Å². The van der Waals surface area contributed by atoms with Gasteiger partial charge in [0.2, 0.25) is 0 Å². The van der Waals surface area contributed by atoms with Crippen LogP contribution in [0.2, 0.25) is 0 Å². The predicted octanol–water partition coefficient (Wildman–Crippen LogP) is 2.24. The van der Waals surface area contributed by atoms with Crippen molar-refractivity contribution in [2.45, 2.75) is 195 Å². The average molecular weight is 1040 g/mol. The Morgan fingerprint density at radius 2 is 1.24 bits per heavy atom. The van der Waals surface area contributed by atoms with Gasteiger partial charge in [-0.15, -0.1) is 0 Å². The highest BCUT2D eigenvalue weighted by Crippen LogP contribution is 2.70. The summed E-state index contributed by atoms with van der Waals surface area (Å²) in [5, 5.41) is 81.0. The smallest absolute Gasteiger partial charge is 0.338 e. The second kappa shape index (κ2) is 21.2. The Labute approximate surface area is 429 Å². The molecular weight excluding hydrogens is 969 g/mol. The lowest BCUT2D eigenvalue weighted by Gasteiger charge is -2.68. The molecule has 2 aromatic carbocycles. The van der Waals surface area contributed by atoms with Crippen molar-refractivity contribution >= 4 is 17.7 Å². The number of esters is 2. The van der Waals surface area contributed by atoms with Crippen molar-refractivity contribution in [2.75, 3.05) is 14.2 Å². The first-order valence-corrected chi connectivity index (χ1v) is 25.7. The lowest BCUT2D eigenvalue weighted by Crippen LogP contribution is -2.80. The number of Topliss-reactive ketones (excluding diaryl/α,β-unsaturated/α-hetero) is 1. The molecule has 9 rings (SSSR count). The van der Waals surface area contributed by atoms with Crippen LogP contribution in [-0.2, 0) is 52.2 Å². The molecule has 6 fully saturated rings. The Balaban J connectivity index is 0.919. The molecular formula is C54H72O20. The van der Waals surface area contributed by atoms with Crippen LogP contribution in [0.1, 0.15) is 100 Å². The summed E-state index contributed by atoms with van der Waals surface area (Å²) in [5.74, 6) is -3.62. The van der Waals surface area contributed by atoms with Gasteiger partial charge in [-0.3, -0.25) is 4.79 Å². The van der Waals surface area contributed by atoms with Gasteiger partial charge in [0.05, 0.1) is 35.5 Å². The molecule has 0 unspecified atom stereocenters. The molecule has 74 heavy (non-hydrogen) atoms. The van der Waals surface area contributed by atoms with Crippen LogP contribution in [0.5, 0.6) is 0 Å². The molecule has 23 atom stereocenters. The molecule has 0 spiro atoms. The minimum absolute atomic E-state index is 0.0240. The fourth-order valence-corrected chi connectivity index (χ4v) is 13.8. The van der Waals surface area contributed by atoms with Gasteiger partial charge in [0.25, 0.3) is 0 Å². The summed E-state index contributed by atoms with van der Waals surface area (Å²) in [6.07, 6.45) is -17.5. The molecule has 0 aromatic heterocycles. The number of ether oxygens (including phenoxy) is 10. The van der Waals surface area contributed by atoms with Crippen molar-refractivity contribution in [1.29, 1.82) is 0 Å². The van der Waals surface area contributed by atoms with Crippen LogP contribution in [0.4, 0.5) is 0 Å². The largest absolute Gasteiger partial charge is 0.454 e. The number of aliphatic hydroxyl groups is 7. The highest BCUT2D eigenvalue weighted by atomic mass is 16.8. The van der Waals surface area contributed by atoms with Crippen LogP contribution >= 0.6 is 0 Å². The maximum Gasteiger partial charge on any atom is 0.338 e. The molecule has 7 aliphatic rings. The number of benzene rings is 2. The van der Waals surface area contributed by atoms with Gasteiger partial charge in [-0.2, -0.15) is 0 Å². The highest BCUT2D eigenvalue weighted by molar-refractivity contribution is 5.91. The first-order chi connectivity index (χ1) is 35.1. The van der Waals surface area contributed by atoms with Crippen molar-refractivity contribution in [2.24, 2.45) is 22.7 Å². The third-order valence-electron chi connectivity index (χ3n) is 17.7. The summed E-state index contributed by atoms with van der Waals surface area (Å²) in [6.45, 7) is 8.36. The van der Waals surface area contributed by atoms with E-state index in [2.05, 4.69) is 0 Å². The van der Waals surface area contributed by atoms with Gasteiger partial charge in [0, 0.05) is 37.9 Å². The summed E-state index contributed by atoms with van der Waals surface area (Å²) < 4.78 is 60.5. The molecule has 0 radical (unpaired) electrons. The second-order valence-electron chi connectivity index (χ2n) is 21.8. The van der Waals surface area contributed by atoms with Crippen LogP contribution in [-0.4, -0.2) is 183 Å².